The van der Waals surface area contributed by atoms with Crippen molar-refractivity contribution in [3.63, 3.8) is 0 Å². The maximum atomic E-state index is 12.1. The standard InChI is InChI=1S/C18H20O5/c1-6-10(4)18(21)23-17-13-7-12(11(5)19)14(20)8-15(13)22-16(17)9(2)3/h6-8,16-17,20H,2H2,1,3-5H3/b10-6+/t16-,17-/m1/s1. The van der Waals surface area contributed by atoms with Crippen molar-refractivity contribution >= 4 is 11.8 Å². The molecule has 0 unspecified atom stereocenters. The van der Waals surface area contributed by atoms with E-state index in [1.807, 2.05) is 0 Å². The molecule has 23 heavy (non-hydrogen) atoms. The third-order valence-corrected chi connectivity index (χ3v) is 3.82. The lowest BCUT2D eigenvalue weighted by atomic mass is 9.98. The van der Waals surface area contributed by atoms with Crippen LogP contribution in [0.25, 0.3) is 0 Å². The lowest BCUT2D eigenvalue weighted by molar-refractivity contribution is -0.146. The molecule has 0 bridgehead atoms. The molecule has 0 saturated heterocycles. The van der Waals surface area contributed by atoms with E-state index in [0.717, 1.165) is 0 Å². The molecule has 0 radical (unpaired) electrons. The Hall–Kier alpha value is -2.56. The molecule has 122 valence electrons. The highest BCUT2D eigenvalue weighted by atomic mass is 16.6. The minimum absolute atomic E-state index is 0.159. The Morgan fingerprint density at radius 1 is 1.30 bits per heavy atom. The highest BCUT2D eigenvalue weighted by Gasteiger charge is 2.39. The van der Waals surface area contributed by atoms with Crippen LogP contribution < -0.4 is 4.74 Å². The first-order chi connectivity index (χ1) is 10.8. The third-order valence-electron chi connectivity index (χ3n) is 3.82. The van der Waals surface area contributed by atoms with Crippen LogP contribution in [0.4, 0.5) is 0 Å². The van der Waals surface area contributed by atoms with E-state index in [4.69, 9.17) is 9.47 Å². The molecular weight excluding hydrogens is 296 g/mol. The fourth-order valence-corrected chi connectivity index (χ4v) is 2.36. The summed E-state index contributed by atoms with van der Waals surface area (Å²) in [7, 11) is 0. The lowest BCUT2D eigenvalue weighted by Crippen LogP contribution is -2.24. The normalized spacial score (nSPS) is 19.7. The summed E-state index contributed by atoms with van der Waals surface area (Å²) >= 11 is 0. The number of phenols is 1. The van der Waals surface area contributed by atoms with Crippen LogP contribution in [0.5, 0.6) is 11.5 Å². The number of hydrogen-bond acceptors (Lipinski definition) is 5. The largest absolute Gasteiger partial charge is 0.507 e. The molecule has 1 aromatic rings. The number of benzene rings is 1. The second-order valence-electron chi connectivity index (χ2n) is 5.65. The van der Waals surface area contributed by atoms with Crippen LogP contribution in [0.2, 0.25) is 0 Å². The summed E-state index contributed by atoms with van der Waals surface area (Å²) in [6.45, 7) is 10.4. The van der Waals surface area contributed by atoms with Crippen LogP contribution in [0.15, 0.2) is 35.9 Å². The summed E-state index contributed by atoms with van der Waals surface area (Å²) < 4.78 is 11.3. The monoisotopic (exact) mass is 316 g/mol. The lowest BCUT2D eigenvalue weighted by Gasteiger charge is -2.20. The highest BCUT2D eigenvalue weighted by Crippen LogP contribution is 2.44. The van der Waals surface area contributed by atoms with Crippen LogP contribution in [0.1, 0.15) is 49.7 Å². The number of phenolic OH excluding ortho intramolecular Hbond substituents is 1. The fourth-order valence-electron chi connectivity index (χ4n) is 2.36. The van der Waals surface area contributed by atoms with E-state index in [-0.39, 0.29) is 17.1 Å². The highest BCUT2D eigenvalue weighted by molar-refractivity contribution is 5.97. The van der Waals surface area contributed by atoms with Crippen molar-refractivity contribution in [2.75, 3.05) is 0 Å². The summed E-state index contributed by atoms with van der Waals surface area (Å²) in [5.74, 6) is -0.513. The Morgan fingerprint density at radius 2 is 1.96 bits per heavy atom. The number of carbonyl (C=O) groups is 2. The molecule has 1 N–H and O–H groups in total. The molecule has 5 heteroatoms. The van der Waals surface area contributed by atoms with Gasteiger partial charge in [-0.25, -0.2) is 4.79 Å². The molecule has 0 aliphatic carbocycles. The van der Waals surface area contributed by atoms with E-state index in [1.165, 1.54) is 19.1 Å². The zero-order valence-electron chi connectivity index (χ0n) is 13.7. The molecule has 1 aliphatic heterocycles. The second kappa shape index (κ2) is 6.28. The average molecular weight is 316 g/mol. The molecule has 2 rings (SSSR count). The van der Waals surface area contributed by atoms with E-state index in [2.05, 4.69) is 6.58 Å². The molecule has 2 atom stereocenters. The van der Waals surface area contributed by atoms with Crippen molar-refractivity contribution in [1.82, 2.24) is 0 Å². The van der Waals surface area contributed by atoms with Gasteiger partial charge >= 0.3 is 5.97 Å². The number of hydrogen-bond donors (Lipinski definition) is 1. The average Bonchev–Trinajstić information content (AvgIpc) is 2.83. The van der Waals surface area contributed by atoms with Gasteiger partial charge in [0, 0.05) is 17.2 Å². The Morgan fingerprint density at radius 3 is 2.48 bits per heavy atom. The van der Waals surface area contributed by atoms with Gasteiger partial charge in [0.2, 0.25) is 0 Å². The van der Waals surface area contributed by atoms with Gasteiger partial charge in [-0.2, -0.15) is 0 Å². The zero-order chi connectivity index (χ0) is 17.3. The number of allylic oxidation sites excluding steroid dienone is 1. The summed E-state index contributed by atoms with van der Waals surface area (Å²) in [5.41, 5.74) is 1.88. The van der Waals surface area contributed by atoms with Gasteiger partial charge in [0.25, 0.3) is 0 Å². The molecule has 1 heterocycles. The quantitative estimate of drug-likeness (QED) is 0.398. The summed E-state index contributed by atoms with van der Waals surface area (Å²) in [6, 6.07) is 2.89. The molecule has 0 aromatic heterocycles. The van der Waals surface area contributed by atoms with Crippen molar-refractivity contribution in [2.24, 2.45) is 0 Å². The number of carbonyl (C=O) groups excluding carboxylic acids is 2. The predicted molar refractivity (Wildman–Crippen MR) is 85.6 cm³/mol. The van der Waals surface area contributed by atoms with E-state index >= 15 is 0 Å². The Balaban J connectivity index is 2.47. The maximum absolute atomic E-state index is 12.1. The molecule has 1 aromatic carbocycles. The van der Waals surface area contributed by atoms with E-state index in [0.29, 0.717) is 22.5 Å². The molecule has 0 spiro atoms. The van der Waals surface area contributed by atoms with E-state index < -0.39 is 18.2 Å². The number of Topliss-reactive ketones (excluding diaryl/α,β-unsaturated/α-hetero) is 1. The molecule has 5 nitrogen and oxygen atoms in total. The third kappa shape index (κ3) is 3.13. The van der Waals surface area contributed by atoms with Crippen LogP contribution in [0, 0.1) is 0 Å². The number of ether oxygens (including phenoxy) is 2. The fraction of sp³-hybridized carbons (Fsp3) is 0.333. The van der Waals surface area contributed by atoms with Gasteiger partial charge in [0.1, 0.15) is 11.5 Å². The van der Waals surface area contributed by atoms with E-state index in [1.54, 1.807) is 26.8 Å². The molecular formula is C18H20O5. The van der Waals surface area contributed by atoms with Gasteiger partial charge in [-0.3, -0.25) is 4.79 Å². The van der Waals surface area contributed by atoms with Crippen molar-refractivity contribution in [3.8, 4) is 11.5 Å². The second-order valence-corrected chi connectivity index (χ2v) is 5.65. The molecule has 0 saturated carbocycles. The maximum Gasteiger partial charge on any atom is 0.334 e. The minimum Gasteiger partial charge on any atom is -0.507 e. The smallest absolute Gasteiger partial charge is 0.334 e. The number of ketones is 1. The van der Waals surface area contributed by atoms with Crippen molar-refractivity contribution in [3.05, 3.63) is 47.1 Å². The Kier molecular flexibility index (Phi) is 4.59. The van der Waals surface area contributed by atoms with Crippen molar-refractivity contribution in [1.29, 1.82) is 0 Å². The van der Waals surface area contributed by atoms with Gasteiger partial charge in [0.15, 0.2) is 18.0 Å². The number of rotatable bonds is 4. The molecule has 1 aliphatic rings. The summed E-state index contributed by atoms with van der Waals surface area (Å²) in [4.78, 5) is 23.7. The van der Waals surface area contributed by atoms with Gasteiger partial charge in [0.05, 0.1) is 5.56 Å². The van der Waals surface area contributed by atoms with E-state index in [9.17, 15) is 14.7 Å². The first kappa shape index (κ1) is 16.8. The van der Waals surface area contributed by atoms with Gasteiger partial charge in [-0.05, 0) is 39.3 Å². The predicted octanol–water partition coefficient (Wildman–Crippen LogP) is 3.48. The van der Waals surface area contributed by atoms with Gasteiger partial charge in [-0.1, -0.05) is 12.7 Å². The van der Waals surface area contributed by atoms with Gasteiger partial charge < -0.3 is 14.6 Å². The first-order valence-electron chi connectivity index (χ1n) is 7.30. The van der Waals surface area contributed by atoms with Crippen LogP contribution in [-0.2, 0) is 9.53 Å². The summed E-state index contributed by atoms with van der Waals surface area (Å²) in [6.07, 6.45) is 0.399. The first-order valence-corrected chi connectivity index (χ1v) is 7.30. The topological polar surface area (TPSA) is 72.8 Å². The number of esters is 1. The van der Waals surface area contributed by atoms with Crippen LogP contribution in [0.3, 0.4) is 0 Å². The zero-order valence-corrected chi connectivity index (χ0v) is 13.7. The number of aromatic hydroxyl groups is 1. The van der Waals surface area contributed by atoms with Crippen LogP contribution >= 0.6 is 0 Å². The van der Waals surface area contributed by atoms with Gasteiger partial charge in [-0.15, -0.1) is 0 Å². The SMILES string of the molecule is C=C(C)[C@H]1Oc2cc(O)c(C(C)=O)cc2[C@H]1OC(=O)/C(C)=C/C. The Labute approximate surface area is 135 Å². The summed E-state index contributed by atoms with van der Waals surface area (Å²) in [5, 5.41) is 9.92. The van der Waals surface area contributed by atoms with Crippen molar-refractivity contribution in [2.45, 2.75) is 39.9 Å². The molecule has 0 fully saturated rings. The Bertz CT molecular complexity index is 714. The molecule has 0 amide bonds. The number of fused-ring (bicyclic) bond motifs is 1. The van der Waals surface area contributed by atoms with Crippen LogP contribution in [-0.4, -0.2) is 23.0 Å². The minimum atomic E-state index is -0.705. The van der Waals surface area contributed by atoms with Crippen molar-refractivity contribution < 1.29 is 24.2 Å².